The van der Waals surface area contributed by atoms with Crippen LogP contribution in [0.5, 0.6) is 0 Å². The molecule has 0 fully saturated rings. The van der Waals surface area contributed by atoms with E-state index in [2.05, 4.69) is 26.0 Å². The Morgan fingerprint density at radius 2 is 1.50 bits per heavy atom. The molecule has 1 N–H and O–H groups in total. The fourth-order valence-corrected chi connectivity index (χ4v) is 2.62. The van der Waals surface area contributed by atoms with Gasteiger partial charge in [-0.1, -0.05) is 30.3 Å². The van der Waals surface area contributed by atoms with E-state index in [0.717, 1.165) is 22.5 Å². The molecule has 30 heavy (non-hydrogen) atoms. The Morgan fingerprint density at radius 1 is 0.900 bits per heavy atom. The zero-order valence-corrected chi connectivity index (χ0v) is 18.8. The van der Waals surface area contributed by atoms with E-state index in [4.69, 9.17) is 5.11 Å². The van der Waals surface area contributed by atoms with E-state index in [1.54, 1.807) is 12.4 Å². The Kier molecular flexibility index (Phi) is 8.47. The molecule has 0 spiro atoms. The van der Waals surface area contributed by atoms with Gasteiger partial charge in [-0.15, -0.1) is 35.9 Å². The summed E-state index contributed by atoms with van der Waals surface area (Å²) < 4.78 is 0. The molecule has 0 atom stereocenters. The van der Waals surface area contributed by atoms with Gasteiger partial charge in [0.1, 0.15) is 0 Å². The summed E-state index contributed by atoms with van der Waals surface area (Å²) in [4.78, 5) is 27.8. The minimum absolute atomic E-state index is 0. The fourth-order valence-electron chi connectivity index (χ4n) is 2.62. The van der Waals surface area contributed by atoms with Gasteiger partial charge >= 0.3 is 0 Å². The van der Waals surface area contributed by atoms with Gasteiger partial charge < -0.3 is 5.11 Å². The van der Waals surface area contributed by atoms with Crippen LogP contribution in [0.15, 0.2) is 78.8 Å². The first-order valence-corrected chi connectivity index (χ1v) is 8.93. The summed E-state index contributed by atoms with van der Waals surface area (Å²) >= 11 is 0. The number of benzene rings is 2. The molecule has 1 radical (unpaired) electrons. The van der Waals surface area contributed by atoms with Crippen molar-refractivity contribution in [3.8, 4) is 22.5 Å². The number of aromatic nitrogens is 4. The van der Waals surface area contributed by atoms with Crippen LogP contribution in [0.3, 0.4) is 0 Å². The second-order valence-electron chi connectivity index (χ2n) is 6.16. The number of aliphatic hydroxyl groups is 1. The second kappa shape index (κ2) is 11.0. The number of allylic oxidation sites excluding steroid dienone is 2. The number of nitrogens with zero attached hydrogens (tertiary/aromatic N) is 4. The van der Waals surface area contributed by atoms with Crippen LogP contribution in [-0.4, -0.2) is 30.8 Å². The van der Waals surface area contributed by atoms with Gasteiger partial charge in [0, 0.05) is 44.3 Å². The molecule has 0 bridgehead atoms. The summed E-state index contributed by atoms with van der Waals surface area (Å²) in [5.74, 6) is -0.0625. The molecule has 6 nitrogen and oxygen atoms in total. The minimum Gasteiger partial charge on any atom is -0.512 e. The van der Waals surface area contributed by atoms with Gasteiger partial charge in [-0.05, 0) is 19.4 Å². The van der Waals surface area contributed by atoms with Crippen molar-refractivity contribution in [2.75, 3.05) is 0 Å². The molecule has 0 amide bonds. The number of aliphatic hydroxyl groups excluding tert-OH is 1. The molecule has 2 aromatic carbocycles. The molecule has 0 aliphatic heterocycles. The molecule has 2 aromatic heterocycles. The van der Waals surface area contributed by atoms with Crippen molar-refractivity contribution in [1.82, 2.24) is 19.9 Å². The number of hydrogen-bond donors (Lipinski definition) is 1. The summed E-state index contributed by atoms with van der Waals surface area (Å²) in [7, 11) is 0. The third-order valence-corrected chi connectivity index (χ3v) is 3.74. The van der Waals surface area contributed by atoms with Crippen LogP contribution in [0.25, 0.3) is 33.8 Å². The van der Waals surface area contributed by atoms with Gasteiger partial charge in [0.05, 0.1) is 11.5 Å². The van der Waals surface area contributed by atoms with Crippen molar-refractivity contribution in [3.63, 3.8) is 0 Å². The monoisotopic (exact) mass is 576 g/mol. The zero-order chi connectivity index (χ0) is 20.6. The van der Waals surface area contributed by atoms with Crippen molar-refractivity contribution in [1.29, 1.82) is 0 Å². The number of hydrogen-bond acceptors (Lipinski definition) is 6. The minimum atomic E-state index is -0.125. The molecule has 4 rings (SSSR count). The molecule has 0 saturated carbocycles. The molecular weight excluding hydrogens is 556 g/mol. The molecule has 2 heterocycles. The van der Waals surface area contributed by atoms with E-state index in [1.807, 2.05) is 54.6 Å². The largest absolute Gasteiger partial charge is 0.512 e. The summed E-state index contributed by atoms with van der Waals surface area (Å²) in [6.07, 6.45) is 4.41. The second-order valence-corrected chi connectivity index (χ2v) is 6.16. The van der Waals surface area contributed by atoms with Crippen LogP contribution in [-0.2, 0) is 24.9 Å². The van der Waals surface area contributed by atoms with Crippen molar-refractivity contribution >= 4 is 17.1 Å². The first-order chi connectivity index (χ1) is 14.0. The van der Waals surface area contributed by atoms with Crippen LogP contribution in [0.4, 0.5) is 0 Å². The van der Waals surface area contributed by atoms with Gasteiger partial charge in [-0.3, -0.25) is 9.78 Å². The summed E-state index contributed by atoms with van der Waals surface area (Å²) in [6.45, 7) is 2.85. The third kappa shape index (κ3) is 6.11. The van der Waals surface area contributed by atoms with Crippen LogP contribution in [0.1, 0.15) is 13.8 Å². The number of carbonyl (C=O) groups excluding carboxylic acids is 1. The van der Waals surface area contributed by atoms with Gasteiger partial charge in [0.15, 0.2) is 17.1 Å². The maximum atomic E-state index is 10.0. The molecule has 0 aliphatic rings. The summed E-state index contributed by atoms with van der Waals surface area (Å²) in [5, 5.41) is 8.36. The quantitative estimate of drug-likeness (QED) is 0.219. The zero-order valence-electron chi connectivity index (χ0n) is 16.4. The Hall–Kier alpha value is -3.28. The average molecular weight is 576 g/mol. The smallest absolute Gasteiger partial charge is 0.196 e. The summed E-state index contributed by atoms with van der Waals surface area (Å²) in [5.41, 5.74) is 4.52. The van der Waals surface area contributed by atoms with Gasteiger partial charge in [-0.2, -0.15) is 0 Å². The number of carbonyl (C=O) groups is 1. The molecule has 0 unspecified atom stereocenters. The molecule has 0 saturated heterocycles. The van der Waals surface area contributed by atoms with Gasteiger partial charge in [0.25, 0.3) is 0 Å². The van der Waals surface area contributed by atoms with Crippen molar-refractivity contribution in [3.05, 3.63) is 84.9 Å². The number of rotatable bonds is 3. The molecule has 0 aliphatic carbocycles. The topological polar surface area (TPSA) is 88.9 Å². The van der Waals surface area contributed by atoms with Crippen LogP contribution in [0, 0.1) is 6.07 Å². The van der Waals surface area contributed by atoms with Crippen molar-refractivity contribution < 1.29 is 30.0 Å². The van der Waals surface area contributed by atoms with E-state index in [0.29, 0.717) is 11.3 Å². The maximum Gasteiger partial charge on any atom is 0.196 e. The van der Waals surface area contributed by atoms with Gasteiger partial charge in [-0.25, -0.2) is 15.0 Å². The van der Waals surface area contributed by atoms with Crippen molar-refractivity contribution in [2.24, 2.45) is 0 Å². The van der Waals surface area contributed by atoms with E-state index < -0.39 is 0 Å². The average Bonchev–Trinajstić information content (AvgIpc) is 2.73. The molecule has 4 aromatic rings. The predicted octanol–water partition coefficient (Wildman–Crippen LogP) is 4.59. The number of ketones is 1. The Balaban J connectivity index is 0.000000350. The van der Waals surface area contributed by atoms with Crippen molar-refractivity contribution in [2.45, 2.75) is 13.8 Å². The van der Waals surface area contributed by atoms with E-state index >= 15 is 0 Å². The SMILES string of the molecule is CC(=O)/C=C(/C)O.[Ir].[c-]1ccccc1-c1nc2nccnc2nc1-c1ccccc1. The van der Waals surface area contributed by atoms with Crippen LogP contribution >= 0.6 is 0 Å². The maximum absolute atomic E-state index is 10.0. The number of fused-ring (bicyclic) bond motifs is 1. The van der Waals surface area contributed by atoms with E-state index in [9.17, 15) is 4.79 Å². The predicted molar refractivity (Wildman–Crippen MR) is 112 cm³/mol. The molecular formula is C23H19IrN4O2-. The van der Waals surface area contributed by atoms with Crippen LogP contribution < -0.4 is 0 Å². The first kappa shape index (κ1) is 23.0. The Bertz CT molecular complexity index is 1070. The molecule has 153 valence electrons. The fraction of sp³-hybridized carbons (Fsp3) is 0.0870. The normalized spacial score (nSPS) is 10.5. The van der Waals surface area contributed by atoms with Gasteiger partial charge in [0.2, 0.25) is 0 Å². The first-order valence-electron chi connectivity index (χ1n) is 8.93. The Labute approximate surface area is 188 Å². The third-order valence-electron chi connectivity index (χ3n) is 3.74. The van der Waals surface area contributed by atoms with E-state index in [1.165, 1.54) is 19.9 Å². The van der Waals surface area contributed by atoms with Crippen LogP contribution in [0.2, 0.25) is 0 Å². The Morgan fingerprint density at radius 3 is 2.00 bits per heavy atom. The standard InChI is InChI=1S/C18H11N4.C5H8O2.Ir/c1-3-7-13(8-4-1)15-16(14-9-5-2-6-10-14)22-18-17(21-15)19-11-12-20-18;1-4(6)3-5(2)7;/h1-9,11-12H;3,6H,1-2H3;/q-1;;/b;4-3-;. The summed E-state index contributed by atoms with van der Waals surface area (Å²) in [6, 6.07) is 20.9. The van der Waals surface area contributed by atoms with E-state index in [-0.39, 0.29) is 31.6 Å². The molecule has 7 heteroatoms.